The molecule has 0 spiro atoms. The number of hydrogen-bond acceptors (Lipinski definition) is 4. The number of hydrogen-bond donors (Lipinski definition) is 1. The molecule has 2 atom stereocenters. The van der Waals surface area contributed by atoms with Crippen LogP contribution in [0, 0.1) is 0 Å². The first-order valence-corrected chi connectivity index (χ1v) is 7.72. The molecule has 0 radical (unpaired) electrons. The highest BCUT2D eigenvalue weighted by Crippen LogP contribution is 2.33. The maximum Gasteiger partial charge on any atom is 0.218 e. The van der Waals surface area contributed by atoms with Crippen LogP contribution < -0.4 is 5.73 Å². The fraction of sp³-hybridized carbons (Fsp3) is 1.00. The van der Waals surface area contributed by atoms with Gasteiger partial charge in [-0.05, 0) is 40.3 Å². The molecule has 2 unspecified atom stereocenters. The van der Waals surface area contributed by atoms with Gasteiger partial charge in [-0.2, -0.15) is 4.31 Å². The lowest BCUT2D eigenvalue weighted by Gasteiger charge is -2.35. The SMILES string of the molecule is CN1CCC(S(=O)(=O)N2CCC(N)C2(C)C)C1. The highest BCUT2D eigenvalue weighted by molar-refractivity contribution is 7.89. The minimum absolute atomic E-state index is 0.0589. The van der Waals surface area contributed by atoms with E-state index in [1.165, 1.54) is 0 Å². The van der Waals surface area contributed by atoms with E-state index < -0.39 is 15.6 Å². The molecule has 0 saturated carbocycles. The van der Waals surface area contributed by atoms with Gasteiger partial charge in [0.2, 0.25) is 10.0 Å². The highest BCUT2D eigenvalue weighted by Gasteiger charge is 2.48. The van der Waals surface area contributed by atoms with Gasteiger partial charge < -0.3 is 10.6 Å². The first-order chi connectivity index (χ1) is 7.76. The van der Waals surface area contributed by atoms with Gasteiger partial charge in [0.1, 0.15) is 0 Å². The Hall–Kier alpha value is -0.170. The molecule has 17 heavy (non-hydrogen) atoms. The summed E-state index contributed by atoms with van der Waals surface area (Å²) in [4.78, 5) is 2.07. The van der Waals surface area contributed by atoms with E-state index in [1.54, 1.807) is 4.31 Å². The Kier molecular flexibility index (Phi) is 3.27. The molecule has 0 aromatic heterocycles. The molecule has 100 valence electrons. The molecule has 2 aliphatic rings. The zero-order valence-electron chi connectivity index (χ0n) is 10.9. The van der Waals surface area contributed by atoms with Crippen LogP contribution in [-0.4, -0.2) is 61.1 Å². The average molecular weight is 261 g/mol. The first kappa shape index (κ1) is 13.3. The monoisotopic (exact) mass is 261 g/mol. The highest BCUT2D eigenvalue weighted by atomic mass is 32.2. The third-order valence-corrected chi connectivity index (χ3v) is 6.76. The second-order valence-corrected chi connectivity index (χ2v) is 7.98. The number of nitrogens with zero attached hydrogens (tertiary/aromatic N) is 2. The van der Waals surface area contributed by atoms with Gasteiger partial charge in [0.15, 0.2) is 0 Å². The predicted molar refractivity (Wildman–Crippen MR) is 68.2 cm³/mol. The van der Waals surface area contributed by atoms with Crippen LogP contribution in [0.15, 0.2) is 0 Å². The lowest BCUT2D eigenvalue weighted by molar-refractivity contribution is 0.267. The Morgan fingerprint density at radius 2 is 1.88 bits per heavy atom. The molecule has 2 rings (SSSR count). The normalized spacial score (nSPS) is 35.5. The van der Waals surface area contributed by atoms with Gasteiger partial charge in [-0.25, -0.2) is 8.42 Å². The van der Waals surface area contributed by atoms with E-state index in [4.69, 9.17) is 5.73 Å². The van der Waals surface area contributed by atoms with Crippen molar-refractivity contribution in [3.63, 3.8) is 0 Å². The molecule has 5 nitrogen and oxygen atoms in total. The molecule has 0 bridgehead atoms. The second-order valence-electron chi connectivity index (χ2n) is 5.84. The quantitative estimate of drug-likeness (QED) is 0.749. The van der Waals surface area contributed by atoms with Gasteiger partial charge in [-0.1, -0.05) is 0 Å². The number of nitrogens with two attached hydrogens (primary N) is 1. The Balaban J connectivity index is 2.22. The number of likely N-dealkylation sites (tertiary alicyclic amines) is 1. The van der Waals surface area contributed by atoms with Gasteiger partial charge in [0.05, 0.1) is 5.25 Å². The molecule has 6 heteroatoms. The summed E-state index contributed by atoms with van der Waals surface area (Å²) in [7, 11) is -1.23. The summed E-state index contributed by atoms with van der Waals surface area (Å²) in [6, 6.07) is -0.0589. The van der Waals surface area contributed by atoms with Crippen LogP contribution in [0.3, 0.4) is 0 Å². The van der Waals surface area contributed by atoms with Crippen LogP contribution >= 0.6 is 0 Å². The summed E-state index contributed by atoms with van der Waals surface area (Å²) < 4.78 is 26.8. The molecule has 2 fully saturated rings. The first-order valence-electron chi connectivity index (χ1n) is 6.22. The summed E-state index contributed by atoms with van der Waals surface area (Å²) >= 11 is 0. The zero-order chi connectivity index (χ0) is 12.8. The van der Waals surface area contributed by atoms with Crippen molar-refractivity contribution in [3.8, 4) is 0 Å². The van der Waals surface area contributed by atoms with Crippen molar-refractivity contribution in [2.75, 3.05) is 26.7 Å². The number of sulfonamides is 1. The van der Waals surface area contributed by atoms with Crippen LogP contribution in [-0.2, 0) is 10.0 Å². The number of rotatable bonds is 2. The standard InChI is InChI=1S/C11H23N3O2S/c1-11(2)10(12)5-7-14(11)17(15,16)9-4-6-13(3)8-9/h9-10H,4-8,12H2,1-3H3. The molecular weight excluding hydrogens is 238 g/mol. The summed E-state index contributed by atoms with van der Waals surface area (Å²) in [6.07, 6.45) is 1.50. The van der Waals surface area contributed by atoms with Crippen LogP contribution in [0.2, 0.25) is 0 Å². The van der Waals surface area contributed by atoms with Crippen LogP contribution in [0.25, 0.3) is 0 Å². The van der Waals surface area contributed by atoms with E-state index in [9.17, 15) is 8.42 Å². The molecule has 2 heterocycles. The molecule has 0 aromatic rings. The molecule has 0 amide bonds. The maximum absolute atomic E-state index is 12.6. The summed E-state index contributed by atoms with van der Waals surface area (Å²) in [6.45, 7) is 5.94. The molecule has 2 N–H and O–H groups in total. The van der Waals surface area contributed by atoms with Crippen LogP contribution in [0.5, 0.6) is 0 Å². The Labute approximate surface area is 104 Å². The van der Waals surface area contributed by atoms with E-state index in [0.29, 0.717) is 13.1 Å². The van der Waals surface area contributed by atoms with E-state index >= 15 is 0 Å². The van der Waals surface area contributed by atoms with Gasteiger partial charge >= 0.3 is 0 Å². The topological polar surface area (TPSA) is 66.6 Å². The largest absolute Gasteiger partial charge is 0.326 e. The molecule has 0 aromatic carbocycles. The Bertz CT molecular complexity index is 394. The van der Waals surface area contributed by atoms with Gasteiger partial charge in [0.25, 0.3) is 0 Å². The lowest BCUT2D eigenvalue weighted by atomic mass is 9.98. The maximum atomic E-state index is 12.6. The van der Waals surface area contributed by atoms with E-state index in [2.05, 4.69) is 4.90 Å². The molecular formula is C11H23N3O2S. The van der Waals surface area contributed by atoms with Crippen LogP contribution in [0.1, 0.15) is 26.7 Å². The Morgan fingerprint density at radius 3 is 2.29 bits per heavy atom. The van der Waals surface area contributed by atoms with Crippen molar-refractivity contribution in [1.29, 1.82) is 0 Å². The van der Waals surface area contributed by atoms with Crippen molar-refractivity contribution in [1.82, 2.24) is 9.21 Å². The predicted octanol–water partition coefficient (Wildman–Crippen LogP) is -0.168. The fourth-order valence-electron chi connectivity index (χ4n) is 2.86. The fourth-order valence-corrected chi connectivity index (χ4v) is 5.21. The van der Waals surface area contributed by atoms with Gasteiger partial charge in [-0.15, -0.1) is 0 Å². The lowest BCUT2D eigenvalue weighted by Crippen LogP contribution is -2.53. The summed E-state index contributed by atoms with van der Waals surface area (Å²) in [5.74, 6) is 0. The van der Waals surface area contributed by atoms with Crippen molar-refractivity contribution in [2.45, 2.75) is 43.5 Å². The van der Waals surface area contributed by atoms with Crippen molar-refractivity contribution >= 4 is 10.0 Å². The summed E-state index contributed by atoms with van der Waals surface area (Å²) in [5, 5.41) is -0.253. The van der Waals surface area contributed by atoms with Crippen molar-refractivity contribution in [2.24, 2.45) is 5.73 Å². The van der Waals surface area contributed by atoms with E-state index in [1.807, 2.05) is 20.9 Å². The van der Waals surface area contributed by atoms with Crippen molar-refractivity contribution in [3.05, 3.63) is 0 Å². The minimum atomic E-state index is -3.20. The summed E-state index contributed by atoms with van der Waals surface area (Å²) in [5.41, 5.74) is 5.56. The Morgan fingerprint density at radius 1 is 1.24 bits per heavy atom. The second kappa shape index (κ2) is 4.19. The minimum Gasteiger partial charge on any atom is -0.326 e. The third kappa shape index (κ3) is 2.12. The zero-order valence-corrected chi connectivity index (χ0v) is 11.7. The molecule has 2 saturated heterocycles. The van der Waals surface area contributed by atoms with E-state index in [-0.39, 0.29) is 11.3 Å². The van der Waals surface area contributed by atoms with Gasteiger partial charge in [0, 0.05) is 24.7 Å². The third-order valence-electron chi connectivity index (χ3n) is 4.27. The van der Waals surface area contributed by atoms with Crippen molar-refractivity contribution < 1.29 is 8.42 Å². The molecule has 2 aliphatic heterocycles. The smallest absolute Gasteiger partial charge is 0.218 e. The van der Waals surface area contributed by atoms with Gasteiger partial charge in [-0.3, -0.25) is 0 Å². The average Bonchev–Trinajstić information content (AvgIpc) is 2.73. The molecule has 0 aliphatic carbocycles. The van der Waals surface area contributed by atoms with E-state index in [0.717, 1.165) is 19.4 Å². The van der Waals surface area contributed by atoms with Crippen LogP contribution in [0.4, 0.5) is 0 Å².